The van der Waals surface area contributed by atoms with E-state index < -0.39 is 0 Å². The van der Waals surface area contributed by atoms with Crippen LogP contribution >= 0.6 is 0 Å². The SMILES string of the molecule is CC=CC(=O)N(Cc1cccc(F)c1)C1CC1. The van der Waals surface area contributed by atoms with Crippen molar-refractivity contribution in [2.75, 3.05) is 0 Å². The number of rotatable bonds is 4. The number of halogens is 1. The first kappa shape index (κ1) is 11.8. The molecule has 1 aliphatic rings. The van der Waals surface area contributed by atoms with Gasteiger partial charge < -0.3 is 4.90 Å². The number of hydrogen-bond donors (Lipinski definition) is 0. The van der Waals surface area contributed by atoms with Crippen LogP contribution in [0.1, 0.15) is 25.3 Å². The Hall–Kier alpha value is -1.64. The third-order valence-corrected chi connectivity index (χ3v) is 2.82. The lowest BCUT2D eigenvalue weighted by Gasteiger charge is -2.20. The Labute approximate surface area is 101 Å². The zero-order valence-electron chi connectivity index (χ0n) is 9.90. The van der Waals surface area contributed by atoms with E-state index in [1.54, 1.807) is 18.2 Å². The minimum Gasteiger partial charge on any atom is -0.332 e. The Morgan fingerprint density at radius 2 is 2.29 bits per heavy atom. The van der Waals surface area contributed by atoms with E-state index in [1.165, 1.54) is 12.1 Å². The highest BCUT2D eigenvalue weighted by Gasteiger charge is 2.31. The van der Waals surface area contributed by atoms with Gasteiger partial charge in [0.2, 0.25) is 5.91 Å². The third kappa shape index (κ3) is 3.16. The second-order valence-corrected chi connectivity index (χ2v) is 4.33. The Morgan fingerprint density at radius 3 is 2.88 bits per heavy atom. The number of allylic oxidation sites excluding steroid dienone is 1. The smallest absolute Gasteiger partial charge is 0.246 e. The number of benzene rings is 1. The first-order chi connectivity index (χ1) is 8.20. The maximum Gasteiger partial charge on any atom is 0.246 e. The summed E-state index contributed by atoms with van der Waals surface area (Å²) in [6.45, 7) is 2.32. The van der Waals surface area contributed by atoms with Crippen molar-refractivity contribution in [2.24, 2.45) is 0 Å². The summed E-state index contributed by atoms with van der Waals surface area (Å²) < 4.78 is 13.1. The molecule has 0 N–H and O–H groups in total. The molecular formula is C14H16FNO. The maximum absolute atomic E-state index is 13.1. The van der Waals surface area contributed by atoms with Crippen molar-refractivity contribution in [2.45, 2.75) is 32.4 Å². The van der Waals surface area contributed by atoms with E-state index >= 15 is 0 Å². The monoisotopic (exact) mass is 233 g/mol. The zero-order valence-corrected chi connectivity index (χ0v) is 9.90. The Bertz CT molecular complexity index is 438. The van der Waals surface area contributed by atoms with Gasteiger partial charge in [0.25, 0.3) is 0 Å². The number of hydrogen-bond acceptors (Lipinski definition) is 1. The van der Waals surface area contributed by atoms with Crippen LogP contribution in [-0.2, 0) is 11.3 Å². The molecule has 0 atom stereocenters. The Morgan fingerprint density at radius 1 is 1.53 bits per heavy atom. The highest BCUT2D eigenvalue weighted by atomic mass is 19.1. The van der Waals surface area contributed by atoms with Gasteiger partial charge in [0.15, 0.2) is 0 Å². The van der Waals surface area contributed by atoms with E-state index in [4.69, 9.17) is 0 Å². The molecule has 1 aromatic rings. The summed E-state index contributed by atoms with van der Waals surface area (Å²) in [6, 6.07) is 6.76. The standard InChI is InChI=1S/C14H16FNO/c1-2-4-14(17)16(13-7-8-13)10-11-5-3-6-12(15)9-11/h2-6,9,13H,7-8,10H2,1H3. The van der Waals surface area contributed by atoms with Crippen LogP contribution in [0.5, 0.6) is 0 Å². The quantitative estimate of drug-likeness (QED) is 0.732. The summed E-state index contributed by atoms with van der Waals surface area (Å²) in [6.07, 6.45) is 5.41. The molecule has 0 bridgehead atoms. The van der Waals surface area contributed by atoms with Gasteiger partial charge in [0.1, 0.15) is 5.82 Å². The highest BCUT2D eigenvalue weighted by Crippen LogP contribution is 2.28. The molecule has 0 aromatic heterocycles. The molecule has 1 saturated carbocycles. The molecule has 0 heterocycles. The summed E-state index contributed by atoms with van der Waals surface area (Å²) in [4.78, 5) is 13.7. The van der Waals surface area contributed by atoms with Crippen LogP contribution in [-0.4, -0.2) is 16.8 Å². The van der Waals surface area contributed by atoms with Crippen LogP contribution in [0.25, 0.3) is 0 Å². The number of nitrogens with zero attached hydrogens (tertiary/aromatic N) is 1. The molecular weight excluding hydrogens is 217 g/mol. The fraction of sp³-hybridized carbons (Fsp3) is 0.357. The van der Waals surface area contributed by atoms with Gasteiger partial charge >= 0.3 is 0 Å². The van der Waals surface area contributed by atoms with Crippen LogP contribution in [0.3, 0.4) is 0 Å². The summed E-state index contributed by atoms with van der Waals surface area (Å²) in [5.41, 5.74) is 0.842. The minimum atomic E-state index is -0.253. The fourth-order valence-corrected chi connectivity index (χ4v) is 1.84. The first-order valence-corrected chi connectivity index (χ1v) is 5.88. The van der Waals surface area contributed by atoms with E-state index in [0.29, 0.717) is 12.6 Å². The van der Waals surface area contributed by atoms with Gasteiger partial charge in [-0.05, 0) is 43.5 Å². The van der Waals surface area contributed by atoms with Crippen molar-refractivity contribution in [1.82, 2.24) is 4.90 Å². The third-order valence-electron chi connectivity index (χ3n) is 2.82. The molecule has 1 aromatic carbocycles. The van der Waals surface area contributed by atoms with Crippen LogP contribution in [0.2, 0.25) is 0 Å². The topological polar surface area (TPSA) is 20.3 Å². The summed E-state index contributed by atoms with van der Waals surface area (Å²) in [5, 5.41) is 0. The molecule has 0 unspecified atom stereocenters. The van der Waals surface area contributed by atoms with Gasteiger partial charge in [-0.25, -0.2) is 4.39 Å². The number of carbonyl (C=O) groups excluding carboxylic acids is 1. The lowest BCUT2D eigenvalue weighted by molar-refractivity contribution is -0.127. The molecule has 2 nitrogen and oxygen atoms in total. The van der Waals surface area contributed by atoms with Gasteiger partial charge in [-0.1, -0.05) is 18.2 Å². The van der Waals surface area contributed by atoms with E-state index in [-0.39, 0.29) is 11.7 Å². The maximum atomic E-state index is 13.1. The van der Waals surface area contributed by atoms with Crippen molar-refractivity contribution < 1.29 is 9.18 Å². The van der Waals surface area contributed by atoms with Crippen molar-refractivity contribution in [3.05, 3.63) is 47.8 Å². The Balaban J connectivity index is 2.10. The van der Waals surface area contributed by atoms with Crippen LogP contribution in [0.15, 0.2) is 36.4 Å². The second-order valence-electron chi connectivity index (χ2n) is 4.33. The van der Waals surface area contributed by atoms with Gasteiger partial charge in [-0.2, -0.15) is 0 Å². The highest BCUT2D eigenvalue weighted by molar-refractivity contribution is 5.88. The van der Waals surface area contributed by atoms with Crippen LogP contribution < -0.4 is 0 Å². The molecule has 1 aliphatic carbocycles. The van der Waals surface area contributed by atoms with Gasteiger partial charge in [-0.3, -0.25) is 4.79 Å². The fourth-order valence-electron chi connectivity index (χ4n) is 1.84. The molecule has 0 aliphatic heterocycles. The molecule has 1 amide bonds. The van der Waals surface area contributed by atoms with Crippen molar-refractivity contribution in [3.63, 3.8) is 0 Å². The molecule has 0 spiro atoms. The lowest BCUT2D eigenvalue weighted by atomic mass is 10.2. The lowest BCUT2D eigenvalue weighted by Crippen LogP contribution is -2.31. The zero-order chi connectivity index (χ0) is 12.3. The summed E-state index contributed by atoms with van der Waals surface area (Å²) >= 11 is 0. The normalized spacial score (nSPS) is 15.2. The summed E-state index contributed by atoms with van der Waals surface area (Å²) in [7, 11) is 0. The molecule has 0 radical (unpaired) electrons. The Kier molecular flexibility index (Phi) is 3.57. The first-order valence-electron chi connectivity index (χ1n) is 5.88. The predicted molar refractivity (Wildman–Crippen MR) is 64.8 cm³/mol. The minimum absolute atomic E-state index is 0.0132. The molecule has 90 valence electrons. The molecule has 3 heteroatoms. The van der Waals surface area contributed by atoms with Gasteiger partial charge in [0.05, 0.1) is 0 Å². The molecule has 17 heavy (non-hydrogen) atoms. The number of amides is 1. The largest absolute Gasteiger partial charge is 0.332 e. The molecule has 1 fully saturated rings. The van der Waals surface area contributed by atoms with E-state index in [9.17, 15) is 9.18 Å². The molecule has 0 saturated heterocycles. The van der Waals surface area contributed by atoms with E-state index in [2.05, 4.69) is 0 Å². The van der Waals surface area contributed by atoms with E-state index in [0.717, 1.165) is 18.4 Å². The second kappa shape index (κ2) is 5.13. The van der Waals surface area contributed by atoms with Crippen molar-refractivity contribution in [1.29, 1.82) is 0 Å². The van der Waals surface area contributed by atoms with Crippen LogP contribution in [0, 0.1) is 5.82 Å². The predicted octanol–water partition coefficient (Wildman–Crippen LogP) is 2.89. The average molecular weight is 233 g/mol. The molecule has 2 rings (SSSR count). The summed E-state index contributed by atoms with van der Waals surface area (Å²) in [5.74, 6) is -0.240. The van der Waals surface area contributed by atoms with Gasteiger partial charge in [0, 0.05) is 12.6 Å². The van der Waals surface area contributed by atoms with Crippen molar-refractivity contribution in [3.8, 4) is 0 Å². The average Bonchev–Trinajstić information content (AvgIpc) is 3.10. The van der Waals surface area contributed by atoms with E-state index in [1.807, 2.05) is 17.9 Å². The van der Waals surface area contributed by atoms with Crippen molar-refractivity contribution >= 4 is 5.91 Å². The number of carbonyl (C=O) groups is 1. The van der Waals surface area contributed by atoms with Gasteiger partial charge in [-0.15, -0.1) is 0 Å². The van der Waals surface area contributed by atoms with Crippen LogP contribution in [0.4, 0.5) is 4.39 Å².